The van der Waals surface area contributed by atoms with Gasteiger partial charge < -0.3 is 33.8 Å². The Balaban J connectivity index is 5.18. The van der Waals surface area contributed by atoms with Crippen LogP contribution in [-0.4, -0.2) is 96.7 Å². The zero-order valence-electron chi connectivity index (χ0n) is 62.3. The Labute approximate surface area is 581 Å². The molecule has 0 heterocycles. The summed E-state index contributed by atoms with van der Waals surface area (Å²) >= 11 is 0. The maximum atomic E-state index is 13.1. The Kier molecular flexibility index (Phi) is 64.0. The van der Waals surface area contributed by atoms with E-state index in [9.17, 15) is 43.2 Å². The molecule has 95 heavy (non-hydrogen) atoms. The molecule has 0 fully saturated rings. The third kappa shape index (κ3) is 67.6. The molecular formula is C76H148O17P2. The van der Waals surface area contributed by atoms with Crippen LogP contribution in [0.25, 0.3) is 0 Å². The first-order chi connectivity index (χ1) is 45.7. The van der Waals surface area contributed by atoms with Crippen molar-refractivity contribution in [1.29, 1.82) is 0 Å². The number of aliphatic hydroxyl groups is 1. The normalized spacial score (nSPS) is 14.7. The molecule has 564 valence electrons. The number of hydrogen-bond acceptors (Lipinski definition) is 15. The lowest BCUT2D eigenvalue weighted by Gasteiger charge is -2.21. The molecule has 7 atom stereocenters. The van der Waals surface area contributed by atoms with Gasteiger partial charge in [-0.15, -0.1) is 0 Å². The Bertz CT molecular complexity index is 1870. The molecule has 0 aromatic heterocycles. The van der Waals surface area contributed by atoms with E-state index in [1.807, 2.05) is 0 Å². The second kappa shape index (κ2) is 65.4. The number of phosphoric ester groups is 2. The SMILES string of the molecule is CCC(C)CCCCCCCCCCCCCCCCCCCCC(=O)O[C@H](COC(=O)CCCCCCCCCCC(C)C)COP(=O)(O)OCC(O)COP(=O)(O)OC[C@@H](COC(=O)CCCCCCCCCC(C)C)OC(=O)CCCCCCCCCCC(C)CC. The molecule has 3 N–H and O–H groups in total. The maximum absolute atomic E-state index is 13.1. The van der Waals surface area contributed by atoms with Crippen LogP contribution >= 0.6 is 15.6 Å². The molecule has 0 rings (SSSR count). The Morgan fingerprint density at radius 1 is 0.295 bits per heavy atom. The highest BCUT2D eigenvalue weighted by Gasteiger charge is 2.30. The van der Waals surface area contributed by atoms with Gasteiger partial charge in [-0.1, -0.05) is 331 Å². The van der Waals surface area contributed by atoms with Crippen molar-refractivity contribution in [2.45, 2.75) is 401 Å². The van der Waals surface area contributed by atoms with Crippen LogP contribution in [0, 0.1) is 23.7 Å². The van der Waals surface area contributed by atoms with E-state index in [0.717, 1.165) is 114 Å². The van der Waals surface area contributed by atoms with Crippen molar-refractivity contribution >= 4 is 39.5 Å². The number of hydrogen-bond donors (Lipinski definition) is 3. The highest BCUT2D eigenvalue weighted by molar-refractivity contribution is 7.47. The van der Waals surface area contributed by atoms with E-state index in [1.54, 1.807) is 0 Å². The highest BCUT2D eigenvalue weighted by Crippen LogP contribution is 2.45. The molecule has 0 amide bonds. The summed E-state index contributed by atoms with van der Waals surface area (Å²) in [7, 11) is -9.91. The van der Waals surface area contributed by atoms with Crippen LogP contribution in [0.3, 0.4) is 0 Å². The van der Waals surface area contributed by atoms with Gasteiger partial charge in [0.05, 0.1) is 26.4 Å². The second-order valence-corrected chi connectivity index (χ2v) is 31.7. The van der Waals surface area contributed by atoms with Gasteiger partial charge in [-0.25, -0.2) is 9.13 Å². The lowest BCUT2D eigenvalue weighted by Crippen LogP contribution is -2.30. The third-order valence-corrected chi connectivity index (χ3v) is 20.2. The quantitative estimate of drug-likeness (QED) is 0.0222. The summed E-state index contributed by atoms with van der Waals surface area (Å²) in [5, 5.41) is 10.6. The van der Waals surface area contributed by atoms with E-state index in [2.05, 4.69) is 55.4 Å². The van der Waals surface area contributed by atoms with E-state index < -0.39 is 97.5 Å². The predicted molar refractivity (Wildman–Crippen MR) is 386 cm³/mol. The molecule has 19 heteroatoms. The zero-order chi connectivity index (χ0) is 70.3. The summed E-state index contributed by atoms with van der Waals surface area (Å²) in [5.74, 6) is 0.947. The summed E-state index contributed by atoms with van der Waals surface area (Å²) < 4.78 is 68.4. The van der Waals surface area contributed by atoms with Gasteiger partial charge in [-0.2, -0.15) is 0 Å². The fourth-order valence-electron chi connectivity index (χ4n) is 11.5. The fraction of sp³-hybridized carbons (Fsp3) is 0.947. The lowest BCUT2D eigenvalue weighted by molar-refractivity contribution is -0.161. The minimum atomic E-state index is -4.96. The molecule has 17 nitrogen and oxygen atoms in total. The monoisotopic (exact) mass is 1400 g/mol. The summed E-state index contributed by atoms with van der Waals surface area (Å²) in [5.41, 5.74) is 0. The van der Waals surface area contributed by atoms with E-state index in [0.29, 0.717) is 31.6 Å². The first-order valence-corrected chi connectivity index (χ1v) is 42.3. The van der Waals surface area contributed by atoms with E-state index in [4.69, 9.17) is 37.0 Å². The summed E-state index contributed by atoms with van der Waals surface area (Å²) in [4.78, 5) is 72.7. The maximum Gasteiger partial charge on any atom is 0.472 e. The summed E-state index contributed by atoms with van der Waals surface area (Å²) in [6.07, 6.45) is 50.1. The molecule has 0 aliphatic heterocycles. The van der Waals surface area contributed by atoms with Crippen molar-refractivity contribution in [3.05, 3.63) is 0 Å². The van der Waals surface area contributed by atoms with Gasteiger partial charge in [-0.3, -0.25) is 37.3 Å². The zero-order valence-corrected chi connectivity index (χ0v) is 64.1. The minimum absolute atomic E-state index is 0.104. The Hall–Kier alpha value is -1.94. The third-order valence-electron chi connectivity index (χ3n) is 18.3. The molecular weight excluding hydrogens is 1250 g/mol. The number of ether oxygens (including phenoxy) is 4. The average molecular weight is 1400 g/mol. The minimum Gasteiger partial charge on any atom is -0.462 e. The number of carbonyl (C=O) groups is 4. The van der Waals surface area contributed by atoms with Crippen LogP contribution in [0.15, 0.2) is 0 Å². The molecule has 0 bridgehead atoms. The van der Waals surface area contributed by atoms with Crippen LogP contribution in [-0.2, 0) is 65.4 Å². The van der Waals surface area contributed by atoms with Gasteiger partial charge in [0, 0.05) is 25.7 Å². The standard InChI is InChI=1S/C76H148O17P2/c1-9-68(7)54-46-38-30-21-19-17-15-13-11-12-14-16-18-20-22-33-42-50-58-75(80)92-71(62-86-73(78)56-48-40-32-25-23-28-36-44-52-66(3)4)64-90-94(82,83)88-60-70(77)61-89-95(84,85)91-65-72(63-87-74(79)57-49-41-35-27-29-37-45-53-67(5)6)93-76(81)59-51-43-34-26-24-31-39-47-55-69(8)10-2/h66-72,77H,9-65H2,1-8H3,(H,82,83)(H,84,85)/t68?,69?,70?,71-,72-/m1/s1. The molecule has 0 aromatic carbocycles. The van der Waals surface area contributed by atoms with Gasteiger partial charge in [0.1, 0.15) is 19.3 Å². The van der Waals surface area contributed by atoms with Crippen LogP contribution in [0.1, 0.15) is 383 Å². The van der Waals surface area contributed by atoms with Crippen molar-refractivity contribution in [2.24, 2.45) is 23.7 Å². The van der Waals surface area contributed by atoms with Gasteiger partial charge in [0.15, 0.2) is 12.2 Å². The Morgan fingerprint density at radius 2 is 0.505 bits per heavy atom. The van der Waals surface area contributed by atoms with Gasteiger partial charge in [0.25, 0.3) is 0 Å². The average Bonchev–Trinajstić information content (AvgIpc) is 2.55. The van der Waals surface area contributed by atoms with E-state index in [-0.39, 0.29) is 25.7 Å². The van der Waals surface area contributed by atoms with Crippen molar-refractivity contribution in [3.63, 3.8) is 0 Å². The molecule has 5 unspecified atom stereocenters. The van der Waals surface area contributed by atoms with E-state index in [1.165, 1.54) is 180 Å². The topological polar surface area (TPSA) is 237 Å². The molecule has 0 aliphatic rings. The van der Waals surface area contributed by atoms with Crippen LogP contribution in [0.2, 0.25) is 0 Å². The number of aliphatic hydroxyl groups excluding tert-OH is 1. The van der Waals surface area contributed by atoms with Crippen molar-refractivity contribution in [3.8, 4) is 0 Å². The molecule has 0 saturated carbocycles. The number of carbonyl (C=O) groups excluding carboxylic acids is 4. The number of esters is 4. The number of unbranched alkanes of at least 4 members (excludes halogenated alkanes) is 37. The lowest BCUT2D eigenvalue weighted by atomic mass is 9.99. The van der Waals surface area contributed by atoms with Crippen molar-refractivity contribution in [2.75, 3.05) is 39.6 Å². The number of phosphoric acid groups is 2. The van der Waals surface area contributed by atoms with Crippen LogP contribution in [0.5, 0.6) is 0 Å². The molecule has 0 spiro atoms. The van der Waals surface area contributed by atoms with Crippen LogP contribution in [0.4, 0.5) is 0 Å². The number of rotatable bonds is 73. The summed E-state index contributed by atoms with van der Waals surface area (Å²) in [6.45, 7) is 14.2. The molecule has 0 saturated heterocycles. The first kappa shape index (κ1) is 93.1. The summed E-state index contributed by atoms with van der Waals surface area (Å²) in [6, 6.07) is 0. The highest BCUT2D eigenvalue weighted by atomic mass is 31.2. The van der Waals surface area contributed by atoms with Gasteiger partial charge in [-0.05, 0) is 49.4 Å². The smallest absolute Gasteiger partial charge is 0.462 e. The molecule has 0 aromatic rings. The largest absolute Gasteiger partial charge is 0.472 e. The van der Waals surface area contributed by atoms with Crippen LogP contribution < -0.4 is 0 Å². The van der Waals surface area contributed by atoms with Crippen molar-refractivity contribution in [1.82, 2.24) is 0 Å². The van der Waals surface area contributed by atoms with Gasteiger partial charge >= 0.3 is 39.5 Å². The van der Waals surface area contributed by atoms with Gasteiger partial charge in [0.2, 0.25) is 0 Å². The predicted octanol–water partition coefficient (Wildman–Crippen LogP) is 22.0. The fourth-order valence-corrected chi connectivity index (χ4v) is 13.1. The Morgan fingerprint density at radius 3 is 0.747 bits per heavy atom. The first-order valence-electron chi connectivity index (χ1n) is 39.3. The second-order valence-electron chi connectivity index (χ2n) is 28.8. The molecule has 0 radical (unpaired) electrons. The van der Waals surface area contributed by atoms with E-state index >= 15 is 0 Å². The van der Waals surface area contributed by atoms with Crippen molar-refractivity contribution < 1.29 is 80.2 Å². The molecule has 0 aliphatic carbocycles.